The molecule has 0 radical (unpaired) electrons. The fraction of sp³-hybridized carbons (Fsp3) is 0.409. The fourth-order valence-electron chi connectivity index (χ4n) is 5.13. The van der Waals surface area contributed by atoms with Crippen LogP contribution in [-0.2, 0) is 17.7 Å². The molecule has 5 rings (SSSR count). The maximum absolute atomic E-state index is 12.6. The third kappa shape index (κ3) is 3.57. The smallest absolute Gasteiger partial charge is 0.339 e. The SMILES string of the molecule is Cc1c(O)c(=O)ccn1CC(=O)N1CC(Oc2ccc3c(c2C(=O)O)C[B-](O)(O)[C@H]2C[C@@H]32)C1. The van der Waals surface area contributed by atoms with Crippen molar-refractivity contribution in [3.05, 3.63) is 57.0 Å². The Morgan fingerprint density at radius 1 is 1.21 bits per heavy atom. The van der Waals surface area contributed by atoms with Crippen molar-refractivity contribution in [2.75, 3.05) is 13.1 Å². The molecule has 1 amide bonds. The van der Waals surface area contributed by atoms with Gasteiger partial charge in [-0.2, -0.15) is 0 Å². The van der Waals surface area contributed by atoms with Gasteiger partial charge in [-0.3, -0.25) is 9.59 Å². The van der Waals surface area contributed by atoms with Crippen molar-refractivity contribution in [3.63, 3.8) is 0 Å². The number of likely N-dealkylation sites (tertiary alicyclic amines) is 1. The van der Waals surface area contributed by atoms with Crippen LogP contribution in [0, 0.1) is 6.92 Å². The zero-order chi connectivity index (χ0) is 23.7. The molecule has 0 spiro atoms. The number of aromatic nitrogens is 1. The zero-order valence-electron chi connectivity index (χ0n) is 18.0. The second-order valence-corrected chi connectivity index (χ2v) is 9.32. The Morgan fingerprint density at radius 3 is 2.64 bits per heavy atom. The van der Waals surface area contributed by atoms with Crippen molar-refractivity contribution in [1.29, 1.82) is 0 Å². The number of benzene rings is 1. The molecular formula is C22H24BN2O8-. The summed E-state index contributed by atoms with van der Waals surface area (Å²) in [6, 6.07) is 4.61. The van der Waals surface area contributed by atoms with Gasteiger partial charge in [0.25, 0.3) is 0 Å². The molecule has 10 nitrogen and oxygen atoms in total. The highest BCUT2D eigenvalue weighted by molar-refractivity contribution is 6.67. The Balaban J connectivity index is 1.28. The number of carbonyl (C=O) groups is 2. The normalized spacial score (nSPS) is 22.7. The molecular weight excluding hydrogens is 431 g/mol. The molecule has 1 aromatic carbocycles. The number of pyridine rings is 1. The van der Waals surface area contributed by atoms with Crippen molar-refractivity contribution in [3.8, 4) is 11.5 Å². The van der Waals surface area contributed by atoms with E-state index in [1.165, 1.54) is 16.8 Å². The maximum Gasteiger partial charge on any atom is 0.339 e. The van der Waals surface area contributed by atoms with Gasteiger partial charge in [0, 0.05) is 12.3 Å². The van der Waals surface area contributed by atoms with Crippen LogP contribution in [0.15, 0.2) is 29.2 Å². The Hall–Kier alpha value is -3.31. The van der Waals surface area contributed by atoms with Crippen LogP contribution in [-0.4, -0.2) is 67.3 Å². The molecule has 1 aliphatic carbocycles. The highest BCUT2D eigenvalue weighted by atomic mass is 16.5. The topological polar surface area (TPSA) is 150 Å². The van der Waals surface area contributed by atoms with E-state index in [0.717, 1.165) is 5.56 Å². The number of carboxylic acids is 1. The summed E-state index contributed by atoms with van der Waals surface area (Å²) in [7, 11) is 0. The molecule has 2 aromatic rings. The average Bonchev–Trinajstić information content (AvgIpc) is 3.52. The fourth-order valence-corrected chi connectivity index (χ4v) is 5.13. The third-order valence-electron chi connectivity index (χ3n) is 7.17. The average molecular weight is 455 g/mol. The van der Waals surface area contributed by atoms with Crippen LogP contribution >= 0.6 is 0 Å². The predicted molar refractivity (Wildman–Crippen MR) is 117 cm³/mol. The Morgan fingerprint density at radius 2 is 1.94 bits per heavy atom. The number of nitrogens with zero attached hydrogens (tertiary/aromatic N) is 2. The first-order valence-corrected chi connectivity index (χ1v) is 10.9. The summed E-state index contributed by atoms with van der Waals surface area (Å²) in [5.41, 5.74) is 1.01. The maximum atomic E-state index is 12.6. The lowest BCUT2D eigenvalue weighted by Gasteiger charge is -2.40. The molecule has 33 heavy (non-hydrogen) atoms. The molecule has 1 aromatic heterocycles. The van der Waals surface area contributed by atoms with Gasteiger partial charge in [0.2, 0.25) is 17.9 Å². The minimum atomic E-state index is -2.63. The Kier molecular flexibility index (Phi) is 4.80. The van der Waals surface area contributed by atoms with Crippen LogP contribution in [0.4, 0.5) is 0 Å². The lowest BCUT2D eigenvalue weighted by Crippen LogP contribution is -2.57. The molecule has 3 aliphatic rings. The highest BCUT2D eigenvalue weighted by Crippen LogP contribution is 2.62. The molecule has 2 aliphatic heterocycles. The highest BCUT2D eigenvalue weighted by Gasteiger charge is 2.52. The first-order valence-electron chi connectivity index (χ1n) is 10.9. The lowest BCUT2D eigenvalue weighted by atomic mass is 9.45. The zero-order valence-corrected chi connectivity index (χ0v) is 18.0. The summed E-state index contributed by atoms with van der Waals surface area (Å²) in [6.07, 6.45) is 1.59. The van der Waals surface area contributed by atoms with Gasteiger partial charge in [-0.25, -0.2) is 4.79 Å². The van der Waals surface area contributed by atoms with Crippen molar-refractivity contribution >= 4 is 18.4 Å². The van der Waals surface area contributed by atoms with Gasteiger partial charge in [0.1, 0.15) is 24.0 Å². The van der Waals surface area contributed by atoms with Gasteiger partial charge in [-0.05, 0) is 24.5 Å². The number of rotatable bonds is 5. The van der Waals surface area contributed by atoms with E-state index in [2.05, 4.69) is 0 Å². The summed E-state index contributed by atoms with van der Waals surface area (Å²) in [6.45, 7) is -0.604. The van der Waals surface area contributed by atoms with E-state index in [-0.39, 0.29) is 54.9 Å². The van der Waals surface area contributed by atoms with E-state index in [1.54, 1.807) is 24.0 Å². The molecule has 174 valence electrons. The number of hydrogen-bond donors (Lipinski definition) is 4. The predicted octanol–water partition coefficient (Wildman–Crippen LogP) is 0.230. The number of carboxylic acid groups (broad SMARTS) is 1. The second kappa shape index (κ2) is 7.36. The molecule has 0 unspecified atom stereocenters. The molecule has 4 N–H and O–H groups in total. The van der Waals surface area contributed by atoms with Crippen LogP contribution < -0.4 is 10.2 Å². The van der Waals surface area contributed by atoms with Crippen molar-refractivity contribution in [2.24, 2.45) is 0 Å². The van der Waals surface area contributed by atoms with Crippen LogP contribution in [0.2, 0.25) is 5.82 Å². The van der Waals surface area contributed by atoms with Crippen LogP contribution in [0.3, 0.4) is 0 Å². The first kappa shape index (κ1) is 21.5. The van der Waals surface area contributed by atoms with E-state index < -0.39 is 29.8 Å². The summed E-state index contributed by atoms with van der Waals surface area (Å²) in [5.74, 6) is -1.87. The summed E-state index contributed by atoms with van der Waals surface area (Å²) < 4.78 is 7.38. The molecule has 2 fully saturated rings. The van der Waals surface area contributed by atoms with Crippen molar-refractivity contribution in [1.82, 2.24) is 9.47 Å². The van der Waals surface area contributed by atoms with E-state index in [0.29, 0.717) is 17.7 Å². The van der Waals surface area contributed by atoms with E-state index in [9.17, 15) is 34.6 Å². The van der Waals surface area contributed by atoms with E-state index in [4.69, 9.17) is 4.74 Å². The number of carbonyl (C=O) groups excluding carboxylic acids is 1. The van der Waals surface area contributed by atoms with Crippen molar-refractivity contribution in [2.45, 2.75) is 44.0 Å². The first-order chi connectivity index (χ1) is 15.6. The van der Waals surface area contributed by atoms with Gasteiger partial charge in [-0.15, -0.1) is 5.82 Å². The molecule has 3 heterocycles. The van der Waals surface area contributed by atoms with E-state index in [1.807, 2.05) is 0 Å². The second-order valence-electron chi connectivity index (χ2n) is 9.32. The summed E-state index contributed by atoms with van der Waals surface area (Å²) in [4.78, 5) is 37.6. The minimum Gasteiger partial charge on any atom is -0.583 e. The number of aromatic carboxylic acids is 1. The number of aromatic hydroxyl groups is 1. The largest absolute Gasteiger partial charge is 0.583 e. The standard InChI is InChI=1S/C22H24BN2O8/c1-11-21(28)17(26)4-5-24(11)10-19(27)25-8-12(9-25)33-18-3-2-13-14-6-16(14)23(31,32)7-15(13)20(18)22(29)30/h2-5,12,14,16,28,31-32H,6-10H2,1H3,(H,29,30)/q-1/t14-,16-/m0/s1. The molecule has 11 heteroatoms. The Bertz CT molecular complexity index is 1230. The van der Waals surface area contributed by atoms with Gasteiger partial charge in [0.15, 0.2) is 5.75 Å². The monoisotopic (exact) mass is 455 g/mol. The van der Waals surface area contributed by atoms with E-state index >= 15 is 0 Å². The van der Waals surface area contributed by atoms with Crippen LogP contribution in [0.1, 0.15) is 39.5 Å². The molecule has 1 saturated carbocycles. The minimum absolute atomic E-state index is 0.0243. The third-order valence-corrected chi connectivity index (χ3v) is 7.17. The molecule has 1 saturated heterocycles. The number of hydrogen-bond acceptors (Lipinski definition) is 7. The molecule has 2 atom stereocenters. The van der Waals surface area contributed by atoms with Gasteiger partial charge < -0.3 is 34.5 Å². The lowest BCUT2D eigenvalue weighted by molar-refractivity contribution is -0.140. The Labute approximate surface area is 188 Å². The van der Waals surface area contributed by atoms with Gasteiger partial charge in [0.05, 0.1) is 18.8 Å². The van der Waals surface area contributed by atoms with Crippen LogP contribution in [0.25, 0.3) is 0 Å². The molecule has 0 bridgehead atoms. The van der Waals surface area contributed by atoms with Gasteiger partial charge in [-0.1, -0.05) is 24.4 Å². The number of ether oxygens (including phenoxy) is 1. The van der Waals surface area contributed by atoms with Gasteiger partial charge >= 0.3 is 5.97 Å². The summed E-state index contributed by atoms with van der Waals surface area (Å²) >= 11 is 0. The van der Waals surface area contributed by atoms with Crippen molar-refractivity contribution < 1.29 is 34.6 Å². The quantitative estimate of drug-likeness (QED) is 0.468. The number of fused-ring (bicyclic) bond motifs is 3. The summed E-state index contributed by atoms with van der Waals surface area (Å²) in [5, 5.41) is 40.3. The number of amides is 1. The van der Waals surface area contributed by atoms with Crippen LogP contribution in [0.5, 0.6) is 11.5 Å².